The molecular weight excluding hydrogens is 206 g/mol. The van der Waals surface area contributed by atoms with Crippen molar-refractivity contribution < 1.29 is 0 Å². The molecule has 1 aromatic carbocycles. The van der Waals surface area contributed by atoms with Crippen molar-refractivity contribution in [2.45, 2.75) is 52.9 Å². The number of hydrogen-bond acceptors (Lipinski definition) is 0. The molecule has 2 rings (SSSR count). The Labute approximate surface area is 104 Å². The minimum absolute atomic E-state index is 1.13. The van der Waals surface area contributed by atoms with Gasteiger partial charge < -0.3 is 4.98 Å². The van der Waals surface area contributed by atoms with Gasteiger partial charge >= 0.3 is 0 Å². The van der Waals surface area contributed by atoms with E-state index in [1.807, 2.05) is 0 Å². The van der Waals surface area contributed by atoms with Crippen LogP contribution in [0.25, 0.3) is 10.9 Å². The monoisotopic (exact) mass is 229 g/mol. The van der Waals surface area contributed by atoms with Crippen LogP contribution in [-0.2, 0) is 12.8 Å². The van der Waals surface area contributed by atoms with Crippen LogP contribution in [0.15, 0.2) is 18.2 Å². The Morgan fingerprint density at radius 3 is 2.65 bits per heavy atom. The minimum Gasteiger partial charge on any atom is -0.358 e. The van der Waals surface area contributed by atoms with E-state index in [0.29, 0.717) is 0 Å². The van der Waals surface area contributed by atoms with Crippen molar-refractivity contribution >= 4 is 10.9 Å². The van der Waals surface area contributed by atoms with Gasteiger partial charge in [-0.2, -0.15) is 0 Å². The van der Waals surface area contributed by atoms with E-state index in [1.54, 1.807) is 0 Å². The summed E-state index contributed by atoms with van der Waals surface area (Å²) in [7, 11) is 0. The highest BCUT2D eigenvalue weighted by atomic mass is 14.7. The molecule has 0 saturated carbocycles. The van der Waals surface area contributed by atoms with E-state index in [4.69, 9.17) is 0 Å². The fourth-order valence-corrected chi connectivity index (χ4v) is 2.59. The van der Waals surface area contributed by atoms with Gasteiger partial charge in [0.15, 0.2) is 0 Å². The van der Waals surface area contributed by atoms with Gasteiger partial charge in [0.1, 0.15) is 0 Å². The third kappa shape index (κ3) is 2.54. The summed E-state index contributed by atoms with van der Waals surface area (Å²) in [5.41, 5.74) is 5.65. The smallest absolute Gasteiger partial charge is 0.0459 e. The van der Waals surface area contributed by atoms with Crippen molar-refractivity contribution in [2.75, 3.05) is 0 Å². The molecule has 92 valence electrons. The predicted octanol–water partition coefficient (Wildman–Crippen LogP) is 4.77. The van der Waals surface area contributed by atoms with Gasteiger partial charge in [-0.1, -0.05) is 38.3 Å². The zero-order valence-corrected chi connectivity index (χ0v) is 11.3. The molecule has 0 saturated heterocycles. The van der Waals surface area contributed by atoms with E-state index in [0.717, 1.165) is 6.42 Å². The van der Waals surface area contributed by atoms with Crippen LogP contribution in [0.3, 0.4) is 0 Å². The highest BCUT2D eigenvalue weighted by Crippen LogP contribution is 2.25. The van der Waals surface area contributed by atoms with Crippen molar-refractivity contribution in [2.24, 2.45) is 0 Å². The Morgan fingerprint density at radius 2 is 1.94 bits per heavy atom. The molecule has 0 fully saturated rings. The number of hydrogen-bond donors (Lipinski definition) is 1. The zero-order valence-electron chi connectivity index (χ0n) is 11.3. The molecule has 1 aromatic heterocycles. The maximum atomic E-state index is 3.60. The molecule has 0 amide bonds. The molecule has 0 unspecified atom stereocenters. The number of aromatic amines is 1. The third-order valence-corrected chi connectivity index (χ3v) is 3.53. The van der Waals surface area contributed by atoms with Crippen LogP contribution in [0.5, 0.6) is 0 Å². The predicted molar refractivity (Wildman–Crippen MR) is 75.6 cm³/mol. The quantitative estimate of drug-likeness (QED) is 0.711. The molecule has 0 bridgehead atoms. The molecule has 0 aliphatic carbocycles. The van der Waals surface area contributed by atoms with Crippen LogP contribution >= 0.6 is 0 Å². The Balaban J connectivity index is 2.35. The topological polar surface area (TPSA) is 15.8 Å². The summed E-state index contributed by atoms with van der Waals surface area (Å²) in [5, 5.41) is 1.43. The second-order valence-electron chi connectivity index (χ2n) is 4.94. The summed E-state index contributed by atoms with van der Waals surface area (Å²) in [6, 6.07) is 6.72. The van der Waals surface area contributed by atoms with Crippen molar-refractivity contribution in [3.8, 4) is 0 Å². The first-order valence-electron chi connectivity index (χ1n) is 6.86. The summed E-state index contributed by atoms with van der Waals surface area (Å²) in [6.07, 6.45) is 6.25. The number of H-pyrrole nitrogens is 1. The fraction of sp³-hybridized carbons (Fsp3) is 0.500. The number of rotatable bonds is 5. The first-order chi connectivity index (χ1) is 8.26. The maximum absolute atomic E-state index is 3.60. The van der Waals surface area contributed by atoms with E-state index in [9.17, 15) is 0 Å². The molecule has 17 heavy (non-hydrogen) atoms. The zero-order chi connectivity index (χ0) is 12.3. The number of unbranched alkanes of at least 4 members (excludes halogenated alkanes) is 2. The molecule has 0 aliphatic heterocycles. The van der Waals surface area contributed by atoms with Gasteiger partial charge in [-0.25, -0.2) is 0 Å². The second-order valence-corrected chi connectivity index (χ2v) is 4.94. The Kier molecular flexibility index (Phi) is 3.88. The number of aromatic nitrogens is 1. The van der Waals surface area contributed by atoms with Gasteiger partial charge in [0.2, 0.25) is 0 Å². The lowest BCUT2D eigenvalue weighted by molar-refractivity contribution is 0.706. The number of aryl methyl sites for hydroxylation is 3. The third-order valence-electron chi connectivity index (χ3n) is 3.53. The standard InChI is InChI=1S/C16H23N/c1-4-6-7-8-15-13(5-2)14-11-12(3)9-10-16(14)17-15/h9-11,17H,4-8H2,1-3H3. The fourth-order valence-electron chi connectivity index (χ4n) is 2.59. The second kappa shape index (κ2) is 5.39. The molecule has 0 radical (unpaired) electrons. The summed E-state index contributed by atoms with van der Waals surface area (Å²) in [6.45, 7) is 6.69. The average molecular weight is 229 g/mol. The molecule has 1 N–H and O–H groups in total. The maximum Gasteiger partial charge on any atom is 0.0459 e. The lowest BCUT2D eigenvalue weighted by atomic mass is 10.0. The molecule has 0 spiro atoms. The van der Waals surface area contributed by atoms with Gasteiger partial charge in [-0.05, 0) is 43.9 Å². The summed E-state index contributed by atoms with van der Waals surface area (Å²) >= 11 is 0. The Morgan fingerprint density at radius 1 is 1.12 bits per heavy atom. The highest BCUT2D eigenvalue weighted by Gasteiger charge is 2.09. The normalized spacial score (nSPS) is 11.2. The molecule has 0 aliphatic rings. The molecule has 1 heteroatoms. The van der Waals surface area contributed by atoms with Crippen molar-refractivity contribution in [1.29, 1.82) is 0 Å². The summed E-state index contributed by atoms with van der Waals surface area (Å²) in [5.74, 6) is 0. The van der Waals surface area contributed by atoms with Crippen molar-refractivity contribution in [1.82, 2.24) is 4.98 Å². The van der Waals surface area contributed by atoms with E-state index in [2.05, 4.69) is 44.0 Å². The molecule has 0 atom stereocenters. The van der Waals surface area contributed by atoms with Crippen LogP contribution in [-0.4, -0.2) is 4.98 Å². The van der Waals surface area contributed by atoms with Crippen LogP contribution in [0.2, 0.25) is 0 Å². The van der Waals surface area contributed by atoms with Gasteiger partial charge in [0.05, 0.1) is 0 Å². The van der Waals surface area contributed by atoms with Gasteiger partial charge in [0.25, 0.3) is 0 Å². The largest absolute Gasteiger partial charge is 0.358 e. The van der Waals surface area contributed by atoms with Crippen molar-refractivity contribution in [3.05, 3.63) is 35.0 Å². The lowest BCUT2D eigenvalue weighted by Crippen LogP contribution is -1.91. The molecular formula is C16H23N. The molecule has 1 nitrogen and oxygen atoms in total. The van der Waals surface area contributed by atoms with Gasteiger partial charge in [-0.15, -0.1) is 0 Å². The van der Waals surface area contributed by atoms with Gasteiger partial charge in [0, 0.05) is 16.6 Å². The van der Waals surface area contributed by atoms with Crippen LogP contribution in [0.1, 0.15) is 49.9 Å². The average Bonchev–Trinajstić information content (AvgIpc) is 2.66. The van der Waals surface area contributed by atoms with Crippen molar-refractivity contribution in [3.63, 3.8) is 0 Å². The summed E-state index contributed by atoms with van der Waals surface area (Å²) < 4.78 is 0. The Bertz CT molecular complexity index is 493. The van der Waals surface area contributed by atoms with E-state index in [-0.39, 0.29) is 0 Å². The summed E-state index contributed by atoms with van der Waals surface area (Å²) in [4.78, 5) is 3.60. The SMILES string of the molecule is CCCCCc1[nH]c2ccc(C)cc2c1CC. The number of nitrogens with one attached hydrogen (secondary N) is 1. The number of benzene rings is 1. The first-order valence-corrected chi connectivity index (χ1v) is 6.86. The Hall–Kier alpha value is -1.24. The van der Waals surface area contributed by atoms with Crippen LogP contribution in [0, 0.1) is 6.92 Å². The number of fused-ring (bicyclic) bond motifs is 1. The lowest BCUT2D eigenvalue weighted by Gasteiger charge is -2.01. The van der Waals surface area contributed by atoms with Gasteiger partial charge in [-0.3, -0.25) is 0 Å². The molecule has 1 heterocycles. The van der Waals surface area contributed by atoms with E-state index >= 15 is 0 Å². The van der Waals surface area contributed by atoms with Crippen LogP contribution < -0.4 is 0 Å². The van der Waals surface area contributed by atoms with E-state index < -0.39 is 0 Å². The highest BCUT2D eigenvalue weighted by molar-refractivity contribution is 5.85. The van der Waals surface area contributed by atoms with E-state index in [1.165, 1.54) is 53.4 Å². The first kappa shape index (κ1) is 12.2. The minimum atomic E-state index is 1.13. The molecule has 2 aromatic rings. The van der Waals surface area contributed by atoms with Crippen LogP contribution in [0.4, 0.5) is 0 Å².